The number of nitrogens with zero attached hydrogens (tertiary/aromatic N) is 3. The summed E-state index contributed by atoms with van der Waals surface area (Å²) in [7, 11) is 0. The molecule has 5 nitrogen and oxygen atoms in total. The summed E-state index contributed by atoms with van der Waals surface area (Å²) in [5.41, 5.74) is 4.14. The summed E-state index contributed by atoms with van der Waals surface area (Å²) in [5, 5.41) is 2.58. The minimum atomic E-state index is -0.156. The lowest BCUT2D eigenvalue weighted by Crippen LogP contribution is -2.40. The molecule has 0 radical (unpaired) electrons. The quantitative estimate of drug-likeness (QED) is 0.542. The predicted octanol–water partition coefficient (Wildman–Crippen LogP) is 4.88. The van der Waals surface area contributed by atoms with Crippen LogP contribution in [0.1, 0.15) is 38.8 Å². The second kappa shape index (κ2) is 9.13. The van der Waals surface area contributed by atoms with Crippen molar-refractivity contribution in [3.63, 3.8) is 0 Å². The number of thiophene rings is 1. The van der Waals surface area contributed by atoms with Gasteiger partial charge in [-0.25, -0.2) is 4.98 Å². The SMILES string of the molecule is Cc1ccc(-c2csc3ncn(CC(=O)N(CC(C)C)CC(C)C)c(=O)c23)cc1C. The Morgan fingerprint density at radius 2 is 1.77 bits per heavy atom. The van der Waals surface area contributed by atoms with E-state index in [1.54, 1.807) is 0 Å². The van der Waals surface area contributed by atoms with Gasteiger partial charge in [0.05, 0.1) is 11.7 Å². The van der Waals surface area contributed by atoms with Gasteiger partial charge >= 0.3 is 0 Å². The van der Waals surface area contributed by atoms with Crippen LogP contribution in [0.4, 0.5) is 0 Å². The van der Waals surface area contributed by atoms with Gasteiger partial charge in [-0.05, 0) is 42.4 Å². The summed E-state index contributed by atoms with van der Waals surface area (Å²) in [6.07, 6.45) is 1.51. The number of benzene rings is 1. The molecule has 0 saturated heterocycles. The highest BCUT2D eigenvalue weighted by Gasteiger charge is 2.19. The second-order valence-electron chi connectivity index (χ2n) is 8.89. The van der Waals surface area contributed by atoms with Crippen LogP contribution in [0, 0.1) is 25.7 Å². The second-order valence-corrected chi connectivity index (χ2v) is 9.75. The third-order valence-electron chi connectivity index (χ3n) is 5.21. The van der Waals surface area contributed by atoms with Crippen molar-refractivity contribution >= 4 is 27.5 Å². The Hall–Kier alpha value is -2.47. The van der Waals surface area contributed by atoms with Crippen molar-refractivity contribution in [2.75, 3.05) is 13.1 Å². The van der Waals surface area contributed by atoms with Crippen LogP contribution in [0.15, 0.2) is 34.7 Å². The molecule has 3 rings (SSSR count). The minimum Gasteiger partial charge on any atom is -0.341 e. The Labute approximate surface area is 182 Å². The van der Waals surface area contributed by atoms with Crippen molar-refractivity contribution in [3.05, 3.63) is 51.4 Å². The summed E-state index contributed by atoms with van der Waals surface area (Å²) >= 11 is 1.46. The molecule has 0 aliphatic carbocycles. The van der Waals surface area contributed by atoms with E-state index in [-0.39, 0.29) is 18.0 Å². The first kappa shape index (κ1) is 22.2. The maximum atomic E-state index is 13.3. The summed E-state index contributed by atoms with van der Waals surface area (Å²) in [4.78, 5) is 33.3. The number of amides is 1. The van der Waals surface area contributed by atoms with Crippen molar-refractivity contribution in [1.82, 2.24) is 14.5 Å². The van der Waals surface area contributed by atoms with Crippen molar-refractivity contribution in [2.45, 2.75) is 48.1 Å². The highest BCUT2D eigenvalue weighted by molar-refractivity contribution is 7.17. The monoisotopic (exact) mass is 425 g/mol. The number of fused-ring (bicyclic) bond motifs is 1. The molecule has 0 atom stereocenters. The topological polar surface area (TPSA) is 55.2 Å². The van der Waals surface area contributed by atoms with Gasteiger partial charge in [-0.2, -0.15) is 0 Å². The Morgan fingerprint density at radius 3 is 2.37 bits per heavy atom. The summed E-state index contributed by atoms with van der Waals surface area (Å²) in [6.45, 7) is 13.9. The van der Waals surface area contributed by atoms with E-state index in [1.165, 1.54) is 33.4 Å². The summed E-state index contributed by atoms with van der Waals surface area (Å²) < 4.78 is 1.45. The molecule has 1 aromatic carbocycles. The van der Waals surface area contributed by atoms with E-state index < -0.39 is 0 Å². The molecule has 0 N–H and O–H groups in total. The third kappa shape index (κ3) is 4.81. The molecule has 160 valence electrons. The molecule has 30 heavy (non-hydrogen) atoms. The van der Waals surface area contributed by atoms with E-state index in [2.05, 4.69) is 58.7 Å². The first-order chi connectivity index (χ1) is 14.2. The van der Waals surface area contributed by atoms with E-state index >= 15 is 0 Å². The Balaban J connectivity index is 1.97. The van der Waals surface area contributed by atoms with Gasteiger partial charge in [-0.15, -0.1) is 11.3 Å². The molecular weight excluding hydrogens is 394 g/mol. The smallest absolute Gasteiger partial charge is 0.263 e. The minimum absolute atomic E-state index is 0.0173. The van der Waals surface area contributed by atoms with Gasteiger partial charge in [0.25, 0.3) is 5.56 Å². The maximum Gasteiger partial charge on any atom is 0.263 e. The van der Waals surface area contributed by atoms with E-state index in [9.17, 15) is 9.59 Å². The molecule has 0 aliphatic heterocycles. The lowest BCUT2D eigenvalue weighted by molar-refractivity contribution is -0.133. The Kier molecular flexibility index (Phi) is 6.76. The predicted molar refractivity (Wildman–Crippen MR) is 125 cm³/mol. The number of aromatic nitrogens is 2. The number of hydrogen-bond donors (Lipinski definition) is 0. The van der Waals surface area contributed by atoms with Crippen LogP contribution in [0.25, 0.3) is 21.3 Å². The lowest BCUT2D eigenvalue weighted by Gasteiger charge is -2.26. The Bertz CT molecular complexity index is 1100. The van der Waals surface area contributed by atoms with Crippen molar-refractivity contribution in [2.24, 2.45) is 11.8 Å². The van der Waals surface area contributed by atoms with Crippen LogP contribution in [-0.2, 0) is 11.3 Å². The fourth-order valence-electron chi connectivity index (χ4n) is 3.61. The average molecular weight is 426 g/mol. The van der Waals surface area contributed by atoms with Crippen LogP contribution >= 0.6 is 11.3 Å². The van der Waals surface area contributed by atoms with Gasteiger partial charge in [0.1, 0.15) is 11.4 Å². The van der Waals surface area contributed by atoms with E-state index in [0.29, 0.717) is 35.1 Å². The van der Waals surface area contributed by atoms with Gasteiger partial charge in [-0.1, -0.05) is 45.9 Å². The number of rotatable bonds is 7. The number of carbonyl (C=O) groups is 1. The maximum absolute atomic E-state index is 13.3. The highest BCUT2D eigenvalue weighted by atomic mass is 32.1. The van der Waals surface area contributed by atoms with Gasteiger partial charge in [0.15, 0.2) is 0 Å². The van der Waals surface area contributed by atoms with E-state index in [1.807, 2.05) is 16.3 Å². The van der Waals surface area contributed by atoms with Crippen molar-refractivity contribution in [1.29, 1.82) is 0 Å². The molecule has 0 bridgehead atoms. The number of aryl methyl sites for hydroxylation is 2. The van der Waals surface area contributed by atoms with Crippen molar-refractivity contribution < 1.29 is 4.79 Å². The molecule has 3 aromatic rings. The normalized spacial score (nSPS) is 11.6. The van der Waals surface area contributed by atoms with E-state index in [0.717, 1.165) is 11.1 Å². The summed E-state index contributed by atoms with van der Waals surface area (Å²) in [6, 6.07) is 6.22. The standard InChI is InChI=1S/C24H31N3O2S/c1-15(2)10-26(11-16(3)4)21(28)12-27-14-25-23-22(24(27)29)20(13-30-23)19-8-7-17(5)18(6)9-19/h7-9,13-16H,10-12H2,1-6H3. The summed E-state index contributed by atoms with van der Waals surface area (Å²) in [5.74, 6) is 0.708. The van der Waals surface area contributed by atoms with Gasteiger partial charge in [-0.3, -0.25) is 14.2 Å². The van der Waals surface area contributed by atoms with Gasteiger partial charge < -0.3 is 4.90 Å². The molecule has 2 aromatic heterocycles. The molecule has 6 heteroatoms. The van der Waals surface area contributed by atoms with Crippen molar-refractivity contribution in [3.8, 4) is 11.1 Å². The van der Waals surface area contributed by atoms with Crippen LogP contribution in [0.3, 0.4) is 0 Å². The largest absolute Gasteiger partial charge is 0.341 e. The van der Waals surface area contributed by atoms with Gasteiger partial charge in [0, 0.05) is 24.0 Å². The zero-order chi connectivity index (χ0) is 22.0. The molecule has 2 heterocycles. The van der Waals surface area contributed by atoms with E-state index in [4.69, 9.17) is 0 Å². The van der Waals surface area contributed by atoms with Crippen LogP contribution < -0.4 is 5.56 Å². The molecule has 0 saturated carbocycles. The zero-order valence-electron chi connectivity index (χ0n) is 18.7. The lowest BCUT2D eigenvalue weighted by atomic mass is 10.0. The number of hydrogen-bond acceptors (Lipinski definition) is 4. The molecule has 0 aliphatic rings. The first-order valence-corrected chi connectivity index (χ1v) is 11.4. The molecule has 0 fully saturated rings. The molecule has 0 spiro atoms. The third-order valence-corrected chi connectivity index (χ3v) is 6.09. The molecule has 1 amide bonds. The zero-order valence-corrected chi connectivity index (χ0v) is 19.5. The van der Waals surface area contributed by atoms with Crippen LogP contribution in [0.2, 0.25) is 0 Å². The Morgan fingerprint density at radius 1 is 1.10 bits per heavy atom. The van der Waals surface area contributed by atoms with Crippen LogP contribution in [0.5, 0.6) is 0 Å². The fraction of sp³-hybridized carbons (Fsp3) is 0.458. The fourth-order valence-corrected chi connectivity index (χ4v) is 4.51. The highest BCUT2D eigenvalue weighted by Crippen LogP contribution is 2.31. The molecule has 0 unspecified atom stereocenters. The first-order valence-electron chi connectivity index (χ1n) is 10.5. The number of carbonyl (C=O) groups excluding carboxylic acids is 1. The van der Waals surface area contributed by atoms with Gasteiger partial charge in [0.2, 0.25) is 5.91 Å². The molecular formula is C24H31N3O2S. The van der Waals surface area contributed by atoms with Crippen LogP contribution in [-0.4, -0.2) is 33.4 Å². The average Bonchev–Trinajstić information content (AvgIpc) is 3.10.